The maximum atomic E-state index is 11.4. The normalized spacial score (nSPS) is 26.9. The smallest absolute Gasteiger partial charge is 0.211 e. The van der Waals surface area contributed by atoms with E-state index in [1.807, 2.05) is 0 Å². The molecule has 110 valence electrons. The lowest BCUT2D eigenvalue weighted by molar-refractivity contribution is 0.337. The van der Waals surface area contributed by atoms with Crippen molar-refractivity contribution in [1.82, 2.24) is 9.21 Å². The van der Waals surface area contributed by atoms with Crippen LogP contribution >= 0.6 is 0 Å². The topological polar surface area (TPSA) is 79.0 Å². The summed E-state index contributed by atoms with van der Waals surface area (Å²) in [5.74, 6) is 0.926. The van der Waals surface area contributed by atoms with Crippen LogP contribution in [0.25, 0.3) is 0 Å². The third-order valence-electron chi connectivity index (χ3n) is 3.91. The Morgan fingerprint density at radius 1 is 1.26 bits per heavy atom. The molecule has 0 aromatic heterocycles. The monoisotopic (exact) mass is 288 g/mol. The van der Waals surface area contributed by atoms with E-state index in [0.29, 0.717) is 31.5 Å². The Morgan fingerprint density at radius 2 is 1.95 bits per heavy atom. The van der Waals surface area contributed by atoms with Crippen LogP contribution in [0.2, 0.25) is 0 Å². The number of guanidine groups is 1. The number of rotatable bonds is 3. The number of hydrogen-bond donors (Lipinski definition) is 1. The molecule has 2 N–H and O–H groups in total. The lowest BCUT2D eigenvalue weighted by Gasteiger charge is -2.27. The Labute approximate surface area is 115 Å². The first-order chi connectivity index (χ1) is 8.97. The van der Waals surface area contributed by atoms with E-state index in [9.17, 15) is 8.42 Å². The van der Waals surface area contributed by atoms with Crippen molar-refractivity contribution in [3.05, 3.63) is 0 Å². The van der Waals surface area contributed by atoms with Crippen molar-refractivity contribution < 1.29 is 8.42 Å². The summed E-state index contributed by atoms with van der Waals surface area (Å²) in [6, 6.07) is 0. The fourth-order valence-corrected chi connectivity index (χ4v) is 3.61. The van der Waals surface area contributed by atoms with Crippen LogP contribution in [-0.2, 0) is 10.0 Å². The first-order valence-corrected chi connectivity index (χ1v) is 8.81. The molecule has 0 bridgehead atoms. The van der Waals surface area contributed by atoms with E-state index in [2.05, 4.69) is 9.89 Å². The van der Waals surface area contributed by atoms with E-state index < -0.39 is 10.0 Å². The average Bonchev–Trinajstić information content (AvgIpc) is 2.86. The standard InChI is InChI=1S/C12H24N4O2S/c1-19(17,18)16-8-5-11(10-16)9-14-12(13)15-6-3-2-4-7-15/h11H,2-10H2,1H3,(H2,13,14). The minimum Gasteiger partial charge on any atom is -0.370 e. The molecule has 0 aromatic rings. The molecular weight excluding hydrogens is 264 g/mol. The molecule has 2 fully saturated rings. The van der Waals surface area contributed by atoms with Gasteiger partial charge in [-0.3, -0.25) is 4.99 Å². The van der Waals surface area contributed by atoms with Crippen LogP contribution in [0.3, 0.4) is 0 Å². The zero-order valence-corrected chi connectivity index (χ0v) is 12.4. The van der Waals surface area contributed by atoms with Crippen molar-refractivity contribution in [3.8, 4) is 0 Å². The highest BCUT2D eigenvalue weighted by Gasteiger charge is 2.28. The number of aliphatic imine (C=N–C) groups is 1. The molecule has 0 radical (unpaired) electrons. The minimum absolute atomic E-state index is 0.304. The summed E-state index contributed by atoms with van der Waals surface area (Å²) in [6.45, 7) is 3.82. The maximum absolute atomic E-state index is 11.4. The van der Waals surface area contributed by atoms with Crippen LogP contribution in [0.4, 0.5) is 0 Å². The Balaban J connectivity index is 1.82. The van der Waals surface area contributed by atoms with Crippen LogP contribution < -0.4 is 5.73 Å². The van der Waals surface area contributed by atoms with Gasteiger partial charge in [-0.05, 0) is 31.6 Å². The van der Waals surface area contributed by atoms with Crippen molar-refractivity contribution in [2.75, 3.05) is 39.0 Å². The highest BCUT2D eigenvalue weighted by Crippen LogP contribution is 2.19. The molecule has 2 aliphatic rings. The van der Waals surface area contributed by atoms with Crippen molar-refractivity contribution >= 4 is 16.0 Å². The van der Waals surface area contributed by atoms with E-state index in [1.165, 1.54) is 29.8 Å². The molecular formula is C12H24N4O2S. The number of nitrogens with zero attached hydrogens (tertiary/aromatic N) is 3. The zero-order chi connectivity index (χ0) is 13.9. The number of hydrogen-bond acceptors (Lipinski definition) is 3. The SMILES string of the molecule is CS(=O)(=O)N1CCC(CN=C(N)N2CCCCC2)C1. The van der Waals surface area contributed by atoms with Gasteiger partial charge in [-0.2, -0.15) is 0 Å². The van der Waals surface area contributed by atoms with Crippen molar-refractivity contribution in [2.45, 2.75) is 25.7 Å². The van der Waals surface area contributed by atoms with Crippen LogP contribution in [-0.4, -0.2) is 62.6 Å². The molecule has 0 saturated carbocycles. The maximum Gasteiger partial charge on any atom is 0.211 e. The first-order valence-electron chi connectivity index (χ1n) is 6.97. The Hall–Kier alpha value is -0.820. The molecule has 2 rings (SSSR count). The van der Waals surface area contributed by atoms with Gasteiger partial charge in [0, 0.05) is 32.7 Å². The Kier molecular flexibility index (Phi) is 4.67. The molecule has 7 heteroatoms. The zero-order valence-electron chi connectivity index (χ0n) is 11.6. The van der Waals surface area contributed by atoms with E-state index in [4.69, 9.17) is 5.73 Å². The van der Waals surface area contributed by atoms with Gasteiger partial charge in [0.1, 0.15) is 0 Å². The van der Waals surface area contributed by atoms with Gasteiger partial charge < -0.3 is 10.6 Å². The van der Waals surface area contributed by atoms with Gasteiger partial charge in [0.2, 0.25) is 10.0 Å². The largest absolute Gasteiger partial charge is 0.370 e. The number of piperidine rings is 1. The van der Waals surface area contributed by atoms with Gasteiger partial charge in [-0.15, -0.1) is 0 Å². The number of sulfonamides is 1. The summed E-state index contributed by atoms with van der Waals surface area (Å²) in [5, 5.41) is 0. The lowest BCUT2D eigenvalue weighted by atomic mass is 10.1. The highest BCUT2D eigenvalue weighted by atomic mass is 32.2. The number of nitrogens with two attached hydrogens (primary N) is 1. The second-order valence-electron chi connectivity index (χ2n) is 5.52. The van der Waals surface area contributed by atoms with Crippen molar-refractivity contribution in [2.24, 2.45) is 16.6 Å². The molecule has 19 heavy (non-hydrogen) atoms. The summed E-state index contributed by atoms with van der Waals surface area (Å²) < 4.78 is 24.4. The summed E-state index contributed by atoms with van der Waals surface area (Å²) in [6.07, 6.45) is 5.78. The third kappa shape index (κ3) is 4.07. The number of likely N-dealkylation sites (tertiary alicyclic amines) is 1. The average molecular weight is 288 g/mol. The molecule has 1 unspecified atom stereocenters. The predicted octanol–water partition coefficient (Wildman–Crippen LogP) is 0.0685. The molecule has 1 atom stereocenters. The van der Waals surface area contributed by atoms with Crippen molar-refractivity contribution in [3.63, 3.8) is 0 Å². The van der Waals surface area contributed by atoms with E-state index in [-0.39, 0.29) is 0 Å². The van der Waals surface area contributed by atoms with E-state index >= 15 is 0 Å². The molecule has 6 nitrogen and oxygen atoms in total. The van der Waals surface area contributed by atoms with Gasteiger partial charge in [0.05, 0.1) is 6.26 Å². The Morgan fingerprint density at radius 3 is 2.53 bits per heavy atom. The fraction of sp³-hybridized carbons (Fsp3) is 0.917. The van der Waals surface area contributed by atoms with Gasteiger partial charge >= 0.3 is 0 Å². The quantitative estimate of drug-likeness (QED) is 0.589. The van der Waals surface area contributed by atoms with Crippen LogP contribution in [0.5, 0.6) is 0 Å². The van der Waals surface area contributed by atoms with Gasteiger partial charge in [0.25, 0.3) is 0 Å². The van der Waals surface area contributed by atoms with E-state index in [1.54, 1.807) is 0 Å². The summed E-state index contributed by atoms with van der Waals surface area (Å²) in [5.41, 5.74) is 5.99. The third-order valence-corrected chi connectivity index (χ3v) is 5.18. The molecule has 0 amide bonds. The van der Waals surface area contributed by atoms with Crippen molar-refractivity contribution in [1.29, 1.82) is 0 Å². The Bertz CT molecular complexity index is 429. The minimum atomic E-state index is -3.05. The summed E-state index contributed by atoms with van der Waals surface area (Å²) in [7, 11) is -3.05. The first kappa shape index (κ1) is 14.6. The predicted molar refractivity (Wildman–Crippen MR) is 76.4 cm³/mol. The molecule has 0 aliphatic carbocycles. The molecule has 2 heterocycles. The molecule has 2 aliphatic heterocycles. The van der Waals surface area contributed by atoms with Crippen LogP contribution in [0.15, 0.2) is 4.99 Å². The molecule has 0 aromatic carbocycles. The second-order valence-corrected chi connectivity index (χ2v) is 7.50. The van der Waals surface area contributed by atoms with Gasteiger partial charge in [-0.25, -0.2) is 12.7 Å². The molecule has 0 spiro atoms. The van der Waals surface area contributed by atoms with Crippen LogP contribution in [0, 0.1) is 5.92 Å². The lowest BCUT2D eigenvalue weighted by Crippen LogP contribution is -2.41. The summed E-state index contributed by atoms with van der Waals surface area (Å²) in [4.78, 5) is 6.58. The van der Waals surface area contributed by atoms with Crippen LogP contribution in [0.1, 0.15) is 25.7 Å². The summed E-state index contributed by atoms with van der Waals surface area (Å²) >= 11 is 0. The van der Waals surface area contributed by atoms with Gasteiger partial charge in [-0.1, -0.05) is 0 Å². The fourth-order valence-electron chi connectivity index (χ4n) is 2.69. The highest BCUT2D eigenvalue weighted by molar-refractivity contribution is 7.88. The molecule has 2 saturated heterocycles. The van der Waals surface area contributed by atoms with E-state index in [0.717, 1.165) is 19.5 Å². The van der Waals surface area contributed by atoms with Gasteiger partial charge in [0.15, 0.2) is 5.96 Å². The second kappa shape index (κ2) is 6.09.